The molecule has 24 heavy (non-hydrogen) atoms. The van der Waals surface area contributed by atoms with Crippen molar-refractivity contribution in [3.05, 3.63) is 42.0 Å². The van der Waals surface area contributed by atoms with E-state index >= 15 is 0 Å². The van der Waals surface area contributed by atoms with E-state index in [9.17, 15) is 14.4 Å². The highest BCUT2D eigenvalue weighted by Gasteiger charge is 2.67. The Labute approximate surface area is 140 Å². The number of allylic oxidation sites excluding steroid dienone is 2. The zero-order valence-electron chi connectivity index (χ0n) is 13.7. The third kappa shape index (κ3) is 1.78. The van der Waals surface area contributed by atoms with Crippen LogP contribution in [0.3, 0.4) is 0 Å². The molecule has 1 aliphatic heterocycles. The van der Waals surface area contributed by atoms with E-state index in [4.69, 9.17) is 4.74 Å². The molecule has 2 amide bonds. The van der Waals surface area contributed by atoms with Crippen LogP contribution in [0.5, 0.6) is 0 Å². The molecule has 2 fully saturated rings. The van der Waals surface area contributed by atoms with Gasteiger partial charge in [0.1, 0.15) is 0 Å². The molecule has 1 saturated carbocycles. The molecule has 0 radical (unpaired) electrons. The van der Waals surface area contributed by atoms with Crippen molar-refractivity contribution < 1.29 is 19.1 Å². The molecule has 1 saturated heterocycles. The van der Waals surface area contributed by atoms with Gasteiger partial charge in [-0.15, -0.1) is 0 Å². The van der Waals surface area contributed by atoms with Crippen molar-refractivity contribution in [2.45, 2.75) is 20.3 Å². The number of rotatable bonds is 3. The smallest absolute Gasteiger partial charge is 0.338 e. The SMILES string of the molecule is CCOC(=O)c1ccc(N2C(=O)[C@H]3[C@@H]4C=C[C@@H](C4)[C@@]3(C)C2=O)cc1. The molecule has 0 unspecified atom stereocenters. The van der Waals surface area contributed by atoms with Gasteiger partial charge in [0.15, 0.2) is 0 Å². The maximum Gasteiger partial charge on any atom is 0.338 e. The van der Waals surface area contributed by atoms with E-state index in [-0.39, 0.29) is 29.6 Å². The van der Waals surface area contributed by atoms with Gasteiger partial charge in [-0.3, -0.25) is 9.59 Å². The minimum absolute atomic E-state index is 0.122. The first-order chi connectivity index (χ1) is 11.5. The summed E-state index contributed by atoms with van der Waals surface area (Å²) in [5.41, 5.74) is 0.303. The van der Waals surface area contributed by atoms with Crippen molar-refractivity contribution in [1.29, 1.82) is 0 Å². The third-order valence-corrected chi connectivity index (χ3v) is 5.75. The number of amides is 2. The summed E-state index contributed by atoms with van der Waals surface area (Å²) in [5, 5.41) is 0. The molecular formula is C19H19NO4. The van der Waals surface area contributed by atoms with Crippen LogP contribution >= 0.6 is 0 Å². The summed E-state index contributed by atoms with van der Waals surface area (Å²) < 4.78 is 4.95. The molecule has 0 N–H and O–H groups in total. The zero-order chi connectivity index (χ0) is 17.1. The molecule has 0 aromatic heterocycles. The molecule has 1 heterocycles. The maximum absolute atomic E-state index is 13.0. The molecule has 124 valence electrons. The van der Waals surface area contributed by atoms with Crippen LogP contribution in [0.4, 0.5) is 5.69 Å². The summed E-state index contributed by atoms with van der Waals surface area (Å²) in [4.78, 5) is 38.9. The van der Waals surface area contributed by atoms with Crippen molar-refractivity contribution in [2.24, 2.45) is 23.2 Å². The lowest BCUT2D eigenvalue weighted by molar-refractivity contribution is -0.127. The van der Waals surface area contributed by atoms with E-state index in [1.54, 1.807) is 31.2 Å². The number of carbonyl (C=O) groups excluding carboxylic acids is 3. The molecule has 2 bridgehead atoms. The standard InChI is InChI=1S/C19H19NO4/c1-3-24-17(22)11-5-8-14(9-6-11)20-16(21)15-12-4-7-13(10-12)19(15,2)18(20)23/h4-9,12-13,15H,3,10H2,1-2H3/t12-,13+,15-,19-/m1/s1. The Kier molecular flexibility index (Phi) is 3.17. The molecule has 1 aromatic rings. The second-order valence-corrected chi connectivity index (χ2v) is 6.90. The molecule has 2 aliphatic carbocycles. The van der Waals surface area contributed by atoms with Gasteiger partial charge in [-0.2, -0.15) is 0 Å². The Morgan fingerprint density at radius 2 is 1.96 bits per heavy atom. The van der Waals surface area contributed by atoms with Gasteiger partial charge in [0.25, 0.3) is 0 Å². The van der Waals surface area contributed by atoms with Gasteiger partial charge < -0.3 is 4.74 Å². The minimum Gasteiger partial charge on any atom is -0.462 e. The first-order valence-electron chi connectivity index (χ1n) is 8.32. The van der Waals surface area contributed by atoms with Crippen molar-refractivity contribution in [3.8, 4) is 0 Å². The lowest BCUT2D eigenvalue weighted by atomic mass is 9.71. The number of anilines is 1. The predicted molar refractivity (Wildman–Crippen MR) is 87.2 cm³/mol. The number of esters is 1. The van der Waals surface area contributed by atoms with Crippen LogP contribution in [0.15, 0.2) is 36.4 Å². The predicted octanol–water partition coefficient (Wildman–Crippen LogP) is 2.56. The number of nitrogens with zero attached hydrogens (tertiary/aromatic N) is 1. The van der Waals surface area contributed by atoms with Crippen LogP contribution in [-0.4, -0.2) is 24.4 Å². The average molecular weight is 325 g/mol. The number of benzene rings is 1. The Bertz CT molecular complexity index is 766. The molecule has 4 atom stereocenters. The van der Waals surface area contributed by atoms with Gasteiger partial charge in [-0.1, -0.05) is 12.2 Å². The second-order valence-electron chi connectivity index (χ2n) is 6.90. The number of hydrogen-bond donors (Lipinski definition) is 0. The quantitative estimate of drug-likeness (QED) is 0.487. The highest BCUT2D eigenvalue weighted by atomic mass is 16.5. The summed E-state index contributed by atoms with van der Waals surface area (Å²) in [5.74, 6) is -0.603. The highest BCUT2D eigenvalue weighted by Crippen LogP contribution is 2.60. The van der Waals surface area contributed by atoms with Gasteiger partial charge in [0.2, 0.25) is 11.8 Å². The summed E-state index contributed by atoms with van der Waals surface area (Å²) in [6.07, 6.45) is 5.06. The van der Waals surface area contributed by atoms with Gasteiger partial charge in [0, 0.05) is 0 Å². The number of fused-ring (bicyclic) bond motifs is 5. The fourth-order valence-electron chi connectivity index (χ4n) is 4.51. The van der Waals surface area contributed by atoms with E-state index in [2.05, 4.69) is 12.2 Å². The molecule has 3 aliphatic rings. The van der Waals surface area contributed by atoms with Gasteiger partial charge >= 0.3 is 5.97 Å². The molecule has 5 heteroatoms. The van der Waals surface area contributed by atoms with Crippen molar-refractivity contribution in [1.82, 2.24) is 0 Å². The third-order valence-electron chi connectivity index (χ3n) is 5.75. The molecule has 1 aromatic carbocycles. The number of hydrogen-bond acceptors (Lipinski definition) is 4. The van der Waals surface area contributed by atoms with Crippen LogP contribution in [-0.2, 0) is 14.3 Å². The van der Waals surface area contributed by atoms with Crippen molar-refractivity contribution in [2.75, 3.05) is 11.5 Å². The summed E-state index contributed by atoms with van der Waals surface area (Å²) in [6.45, 7) is 3.97. The Morgan fingerprint density at radius 1 is 1.25 bits per heavy atom. The lowest BCUT2D eigenvalue weighted by Crippen LogP contribution is -2.37. The van der Waals surface area contributed by atoms with Crippen LogP contribution in [0.1, 0.15) is 30.6 Å². The zero-order valence-corrected chi connectivity index (χ0v) is 13.7. The summed E-state index contributed by atoms with van der Waals surface area (Å²) in [6, 6.07) is 6.47. The Balaban J connectivity index is 1.65. The monoisotopic (exact) mass is 325 g/mol. The maximum atomic E-state index is 13.0. The Hall–Kier alpha value is -2.43. The van der Waals surface area contributed by atoms with Crippen LogP contribution < -0.4 is 4.90 Å². The Morgan fingerprint density at radius 3 is 2.58 bits per heavy atom. The van der Waals surface area contributed by atoms with Crippen molar-refractivity contribution in [3.63, 3.8) is 0 Å². The molecule has 4 rings (SSSR count). The fourth-order valence-corrected chi connectivity index (χ4v) is 4.51. The topological polar surface area (TPSA) is 63.7 Å². The number of carbonyl (C=O) groups is 3. The van der Waals surface area contributed by atoms with Gasteiger partial charge in [-0.05, 0) is 56.4 Å². The number of imide groups is 1. The molecule has 0 spiro atoms. The van der Waals surface area contributed by atoms with E-state index in [1.807, 2.05) is 6.92 Å². The molecular weight excluding hydrogens is 306 g/mol. The first-order valence-corrected chi connectivity index (χ1v) is 8.32. The fraction of sp³-hybridized carbons (Fsp3) is 0.421. The van der Waals surface area contributed by atoms with E-state index in [1.165, 1.54) is 4.90 Å². The van der Waals surface area contributed by atoms with Crippen molar-refractivity contribution >= 4 is 23.5 Å². The van der Waals surface area contributed by atoms with Crippen LogP contribution in [0, 0.1) is 23.2 Å². The molecule has 5 nitrogen and oxygen atoms in total. The second kappa shape index (κ2) is 5.03. The van der Waals surface area contributed by atoms with E-state index in [0.717, 1.165) is 6.42 Å². The van der Waals surface area contributed by atoms with E-state index in [0.29, 0.717) is 17.9 Å². The van der Waals surface area contributed by atoms with Crippen LogP contribution in [0.2, 0.25) is 0 Å². The van der Waals surface area contributed by atoms with Gasteiger partial charge in [-0.25, -0.2) is 9.69 Å². The number of ether oxygens (including phenoxy) is 1. The minimum atomic E-state index is -0.629. The normalized spacial score (nSPS) is 33.2. The summed E-state index contributed by atoms with van der Waals surface area (Å²) >= 11 is 0. The average Bonchev–Trinajstić information content (AvgIpc) is 3.20. The van der Waals surface area contributed by atoms with Crippen LogP contribution in [0.25, 0.3) is 0 Å². The summed E-state index contributed by atoms with van der Waals surface area (Å²) in [7, 11) is 0. The first kappa shape index (κ1) is 15.1. The van der Waals surface area contributed by atoms with Gasteiger partial charge in [0.05, 0.1) is 29.2 Å². The largest absolute Gasteiger partial charge is 0.462 e. The van der Waals surface area contributed by atoms with E-state index < -0.39 is 11.4 Å². The highest BCUT2D eigenvalue weighted by molar-refractivity contribution is 6.24. The lowest BCUT2D eigenvalue weighted by Gasteiger charge is -2.28.